The first-order valence-corrected chi connectivity index (χ1v) is 11.4. The molecule has 2 amide bonds. The highest BCUT2D eigenvalue weighted by Gasteiger charge is 2.48. The van der Waals surface area contributed by atoms with Crippen molar-refractivity contribution in [3.8, 4) is 10.4 Å². The number of benzene rings is 1. The fourth-order valence-electron chi connectivity index (χ4n) is 4.71. The van der Waals surface area contributed by atoms with Gasteiger partial charge in [0.05, 0.1) is 5.41 Å². The van der Waals surface area contributed by atoms with Crippen molar-refractivity contribution in [2.75, 3.05) is 27.2 Å². The Morgan fingerprint density at radius 2 is 1.93 bits per heavy atom. The molecule has 1 aromatic carbocycles. The van der Waals surface area contributed by atoms with Gasteiger partial charge < -0.3 is 9.80 Å². The molecule has 0 spiro atoms. The van der Waals surface area contributed by atoms with Crippen LogP contribution >= 0.6 is 11.3 Å². The Morgan fingerprint density at radius 1 is 1.21 bits per heavy atom. The first kappa shape index (κ1) is 20.1. The van der Waals surface area contributed by atoms with Crippen molar-refractivity contribution in [1.82, 2.24) is 9.80 Å². The van der Waals surface area contributed by atoms with E-state index in [4.69, 9.17) is 0 Å². The molecule has 1 aromatic heterocycles. The van der Waals surface area contributed by atoms with Crippen LogP contribution in [0.3, 0.4) is 0 Å². The summed E-state index contributed by atoms with van der Waals surface area (Å²) in [6.07, 6.45) is 3.40. The minimum absolute atomic E-state index is 0.140. The standard InChI is InChI=1S/C24H30N2O2S/c1-17-14-20(17)22(27)26-12-5-11-24(16-26,23(28)25(2)3)15-18-7-9-19(10-8-18)21-6-4-13-29-21/h4,6-10,13,17,20H,5,11-12,14-16H2,1-3H3/t17-,20-,24-/m1/s1. The largest absolute Gasteiger partial charge is 0.348 e. The average Bonchev–Trinajstić information content (AvgIpc) is 3.21. The minimum Gasteiger partial charge on any atom is -0.348 e. The van der Waals surface area contributed by atoms with Crippen LogP contribution < -0.4 is 0 Å². The van der Waals surface area contributed by atoms with Gasteiger partial charge in [0.25, 0.3) is 0 Å². The van der Waals surface area contributed by atoms with E-state index in [0.29, 0.717) is 18.9 Å². The Labute approximate surface area is 177 Å². The van der Waals surface area contributed by atoms with E-state index in [2.05, 4.69) is 48.7 Å². The Bertz CT molecular complexity index is 875. The molecular formula is C24H30N2O2S. The van der Waals surface area contributed by atoms with E-state index < -0.39 is 5.41 Å². The molecular weight excluding hydrogens is 380 g/mol. The van der Waals surface area contributed by atoms with Crippen LogP contribution in [0.4, 0.5) is 0 Å². The second kappa shape index (κ2) is 7.94. The van der Waals surface area contributed by atoms with E-state index >= 15 is 0 Å². The number of rotatable bonds is 5. The third-order valence-corrected chi connectivity index (χ3v) is 7.40. The smallest absolute Gasteiger partial charge is 0.230 e. The zero-order valence-corrected chi connectivity index (χ0v) is 18.4. The lowest BCUT2D eigenvalue weighted by Crippen LogP contribution is -2.54. The van der Waals surface area contributed by atoms with E-state index in [-0.39, 0.29) is 17.7 Å². The Balaban J connectivity index is 1.56. The summed E-state index contributed by atoms with van der Waals surface area (Å²) in [4.78, 5) is 31.1. The Kier molecular flexibility index (Phi) is 5.52. The van der Waals surface area contributed by atoms with Gasteiger partial charge in [-0.25, -0.2) is 0 Å². The van der Waals surface area contributed by atoms with Gasteiger partial charge >= 0.3 is 0 Å². The van der Waals surface area contributed by atoms with Crippen molar-refractivity contribution in [2.45, 2.75) is 32.6 Å². The van der Waals surface area contributed by atoms with Crippen LogP contribution in [-0.2, 0) is 16.0 Å². The molecule has 2 aromatic rings. The number of piperidine rings is 1. The fourth-order valence-corrected chi connectivity index (χ4v) is 5.44. The molecule has 5 heteroatoms. The topological polar surface area (TPSA) is 40.6 Å². The van der Waals surface area contributed by atoms with Gasteiger partial charge in [-0.05, 0) is 54.2 Å². The summed E-state index contributed by atoms with van der Waals surface area (Å²) >= 11 is 1.73. The van der Waals surface area contributed by atoms with Crippen LogP contribution in [0.25, 0.3) is 10.4 Å². The van der Waals surface area contributed by atoms with E-state index in [9.17, 15) is 9.59 Å². The zero-order valence-electron chi connectivity index (χ0n) is 17.6. The zero-order chi connectivity index (χ0) is 20.6. The summed E-state index contributed by atoms with van der Waals surface area (Å²) < 4.78 is 0. The second-order valence-electron chi connectivity index (χ2n) is 9.01. The predicted octanol–water partition coefficient (Wildman–Crippen LogP) is 4.31. The van der Waals surface area contributed by atoms with Gasteiger partial charge in [0.1, 0.15) is 0 Å². The number of thiophene rings is 1. The Morgan fingerprint density at radius 3 is 2.52 bits per heavy atom. The number of nitrogens with zero attached hydrogens (tertiary/aromatic N) is 2. The lowest BCUT2D eigenvalue weighted by molar-refractivity contribution is -0.147. The van der Waals surface area contributed by atoms with Crippen LogP contribution in [0.5, 0.6) is 0 Å². The van der Waals surface area contributed by atoms with Crippen LogP contribution in [-0.4, -0.2) is 48.8 Å². The number of hydrogen-bond acceptors (Lipinski definition) is 3. The minimum atomic E-state index is -0.528. The summed E-state index contributed by atoms with van der Waals surface area (Å²) in [5, 5.41) is 2.09. The number of carbonyl (C=O) groups excluding carboxylic acids is 2. The van der Waals surface area contributed by atoms with Gasteiger partial charge in [0.15, 0.2) is 0 Å². The van der Waals surface area contributed by atoms with Crippen molar-refractivity contribution in [1.29, 1.82) is 0 Å². The van der Waals surface area contributed by atoms with Crippen LogP contribution in [0.15, 0.2) is 41.8 Å². The van der Waals surface area contributed by atoms with Crippen molar-refractivity contribution < 1.29 is 9.59 Å². The molecule has 0 unspecified atom stereocenters. The third kappa shape index (κ3) is 4.11. The van der Waals surface area contributed by atoms with E-state index in [1.165, 1.54) is 10.4 Å². The fraction of sp³-hybridized carbons (Fsp3) is 0.500. The number of hydrogen-bond donors (Lipinski definition) is 0. The Hall–Kier alpha value is -2.14. The maximum atomic E-state index is 13.3. The van der Waals surface area contributed by atoms with Crippen molar-refractivity contribution in [2.24, 2.45) is 17.3 Å². The van der Waals surface area contributed by atoms with Crippen LogP contribution in [0.2, 0.25) is 0 Å². The van der Waals surface area contributed by atoms with Gasteiger partial charge in [-0.15, -0.1) is 11.3 Å². The predicted molar refractivity (Wildman–Crippen MR) is 118 cm³/mol. The molecule has 1 saturated heterocycles. The SMILES string of the molecule is C[C@@H]1C[C@H]1C(=O)N1CCC[C@](Cc2ccc(-c3cccs3)cc2)(C(=O)N(C)C)C1. The quantitative estimate of drug-likeness (QED) is 0.737. The van der Waals surface area contributed by atoms with Gasteiger partial charge in [0.2, 0.25) is 11.8 Å². The van der Waals surface area contributed by atoms with Gasteiger partial charge in [0, 0.05) is 38.0 Å². The highest BCUT2D eigenvalue weighted by molar-refractivity contribution is 7.13. The van der Waals surface area contributed by atoms with Gasteiger partial charge in [-0.2, -0.15) is 0 Å². The molecule has 2 heterocycles. The molecule has 29 heavy (non-hydrogen) atoms. The molecule has 2 fully saturated rings. The van der Waals surface area contributed by atoms with E-state index in [1.54, 1.807) is 16.2 Å². The maximum absolute atomic E-state index is 13.3. The maximum Gasteiger partial charge on any atom is 0.230 e. The first-order chi connectivity index (χ1) is 13.9. The number of amides is 2. The lowest BCUT2D eigenvalue weighted by Gasteiger charge is -2.43. The summed E-state index contributed by atoms with van der Waals surface area (Å²) in [5.41, 5.74) is 1.84. The normalized spacial score (nSPS) is 26.2. The number of carbonyl (C=O) groups is 2. The molecule has 1 aliphatic carbocycles. The molecule has 4 nitrogen and oxygen atoms in total. The average molecular weight is 411 g/mol. The molecule has 0 N–H and O–H groups in total. The third-order valence-electron chi connectivity index (χ3n) is 6.48. The number of likely N-dealkylation sites (tertiary alicyclic amines) is 1. The highest BCUT2D eigenvalue weighted by Crippen LogP contribution is 2.42. The van der Waals surface area contributed by atoms with Gasteiger partial charge in [-0.1, -0.05) is 37.3 Å². The lowest BCUT2D eigenvalue weighted by atomic mass is 9.73. The van der Waals surface area contributed by atoms with Gasteiger partial charge in [-0.3, -0.25) is 9.59 Å². The summed E-state index contributed by atoms with van der Waals surface area (Å²) in [7, 11) is 3.65. The molecule has 3 atom stereocenters. The molecule has 154 valence electrons. The van der Waals surface area contributed by atoms with E-state index in [1.807, 2.05) is 19.0 Å². The molecule has 4 rings (SSSR count). The van der Waals surface area contributed by atoms with Crippen molar-refractivity contribution in [3.05, 3.63) is 47.3 Å². The summed E-state index contributed by atoms with van der Waals surface area (Å²) in [6, 6.07) is 12.8. The molecule has 0 radical (unpaired) electrons. The summed E-state index contributed by atoms with van der Waals surface area (Å²) in [6.45, 7) is 3.46. The van der Waals surface area contributed by atoms with Crippen LogP contribution in [0, 0.1) is 17.3 Å². The molecule has 0 bridgehead atoms. The van der Waals surface area contributed by atoms with E-state index in [0.717, 1.165) is 31.4 Å². The molecule has 1 aliphatic heterocycles. The second-order valence-corrected chi connectivity index (χ2v) is 9.96. The monoisotopic (exact) mass is 410 g/mol. The summed E-state index contributed by atoms with van der Waals surface area (Å²) in [5.74, 6) is 1.06. The molecule has 1 saturated carbocycles. The van der Waals surface area contributed by atoms with Crippen LogP contribution in [0.1, 0.15) is 31.7 Å². The first-order valence-electron chi connectivity index (χ1n) is 10.5. The van der Waals surface area contributed by atoms with Crippen molar-refractivity contribution in [3.63, 3.8) is 0 Å². The molecule has 2 aliphatic rings. The van der Waals surface area contributed by atoms with Crippen molar-refractivity contribution >= 4 is 23.2 Å². The highest BCUT2D eigenvalue weighted by atomic mass is 32.1.